The fraction of sp³-hybridized carbons (Fsp3) is 0.250. The summed E-state index contributed by atoms with van der Waals surface area (Å²) in [6.07, 6.45) is 1.95. The number of hydrogen-bond acceptors (Lipinski definition) is 5. The molecule has 5 nitrogen and oxygen atoms in total. The summed E-state index contributed by atoms with van der Waals surface area (Å²) in [7, 11) is 0. The number of ether oxygens (including phenoxy) is 1. The molecule has 2 amide bonds. The molecule has 2 aromatic carbocycles. The number of carbonyl (C=O) groups is 2. The molecule has 1 N–H and O–H groups in total. The van der Waals surface area contributed by atoms with Gasteiger partial charge in [-0.05, 0) is 36.4 Å². The third kappa shape index (κ3) is 4.54. The lowest BCUT2D eigenvalue weighted by Gasteiger charge is -2.27. The molecule has 0 unspecified atom stereocenters. The zero-order valence-electron chi connectivity index (χ0n) is 17.5. The topological polar surface area (TPSA) is 58.6 Å². The Labute approximate surface area is 190 Å². The van der Waals surface area contributed by atoms with Crippen molar-refractivity contribution in [3.05, 3.63) is 71.3 Å². The lowest BCUT2D eigenvalue weighted by molar-refractivity contribution is 0.0303. The largest absolute Gasteiger partial charge is 0.378 e. The van der Waals surface area contributed by atoms with Gasteiger partial charge in [-0.15, -0.1) is 23.1 Å². The number of morpholine rings is 1. The average molecular weight is 453 g/mol. The predicted octanol–water partition coefficient (Wildman–Crippen LogP) is 5.17. The van der Waals surface area contributed by atoms with Crippen LogP contribution in [-0.2, 0) is 4.74 Å². The van der Waals surface area contributed by atoms with E-state index in [1.165, 1.54) is 23.1 Å². The van der Waals surface area contributed by atoms with Gasteiger partial charge in [-0.2, -0.15) is 0 Å². The fourth-order valence-corrected chi connectivity index (χ4v) is 5.45. The zero-order valence-corrected chi connectivity index (χ0v) is 19.1. The molecule has 0 radical (unpaired) electrons. The number of hydrogen-bond donors (Lipinski definition) is 1. The lowest BCUT2D eigenvalue weighted by atomic mass is 10.1. The number of nitrogens with zero attached hydrogens (tertiary/aromatic N) is 1. The number of nitrogens with one attached hydrogen (secondary N) is 1. The SMILES string of the molecule is CSc1ccccc1C(=O)Nc1sc(-c2ccccc2)c(C)c1C(=O)N1CCOCC1. The van der Waals surface area contributed by atoms with E-state index in [-0.39, 0.29) is 11.8 Å². The van der Waals surface area contributed by atoms with Gasteiger partial charge in [0.25, 0.3) is 11.8 Å². The minimum Gasteiger partial charge on any atom is -0.378 e. The lowest BCUT2D eigenvalue weighted by Crippen LogP contribution is -2.41. The van der Waals surface area contributed by atoms with Crippen molar-refractivity contribution in [2.45, 2.75) is 11.8 Å². The van der Waals surface area contributed by atoms with E-state index in [1.807, 2.05) is 67.8 Å². The van der Waals surface area contributed by atoms with E-state index in [4.69, 9.17) is 4.74 Å². The van der Waals surface area contributed by atoms with Gasteiger partial charge < -0.3 is 15.0 Å². The Morgan fingerprint density at radius 2 is 1.71 bits per heavy atom. The van der Waals surface area contributed by atoms with Crippen LogP contribution < -0.4 is 5.32 Å². The van der Waals surface area contributed by atoms with Crippen molar-refractivity contribution in [2.75, 3.05) is 37.9 Å². The smallest absolute Gasteiger partial charge is 0.257 e. The van der Waals surface area contributed by atoms with Crippen LogP contribution in [0.15, 0.2) is 59.5 Å². The van der Waals surface area contributed by atoms with Gasteiger partial charge in [0.15, 0.2) is 0 Å². The first kappa shape index (κ1) is 21.6. The summed E-state index contributed by atoms with van der Waals surface area (Å²) in [6.45, 7) is 4.12. The highest BCUT2D eigenvalue weighted by Gasteiger charge is 2.28. The maximum Gasteiger partial charge on any atom is 0.257 e. The number of amides is 2. The maximum atomic E-state index is 13.4. The van der Waals surface area contributed by atoms with Crippen LogP contribution in [0.5, 0.6) is 0 Å². The van der Waals surface area contributed by atoms with Crippen LogP contribution in [0, 0.1) is 6.92 Å². The summed E-state index contributed by atoms with van der Waals surface area (Å²) < 4.78 is 5.41. The van der Waals surface area contributed by atoms with Crippen molar-refractivity contribution in [3.63, 3.8) is 0 Å². The van der Waals surface area contributed by atoms with Crippen molar-refractivity contribution in [1.29, 1.82) is 0 Å². The summed E-state index contributed by atoms with van der Waals surface area (Å²) >= 11 is 2.98. The molecule has 1 fully saturated rings. The van der Waals surface area contributed by atoms with E-state index in [0.717, 1.165) is 20.9 Å². The first-order chi connectivity index (χ1) is 15.1. The number of thiophene rings is 1. The molecule has 0 atom stereocenters. The van der Waals surface area contributed by atoms with Crippen LogP contribution in [0.4, 0.5) is 5.00 Å². The third-order valence-corrected chi connectivity index (χ3v) is 7.33. The van der Waals surface area contributed by atoms with Gasteiger partial charge in [0.05, 0.1) is 24.3 Å². The van der Waals surface area contributed by atoms with Gasteiger partial charge in [-0.1, -0.05) is 42.5 Å². The van der Waals surface area contributed by atoms with Crippen LogP contribution in [-0.4, -0.2) is 49.3 Å². The van der Waals surface area contributed by atoms with Crippen molar-refractivity contribution in [2.24, 2.45) is 0 Å². The van der Waals surface area contributed by atoms with Crippen LogP contribution in [0.2, 0.25) is 0 Å². The van der Waals surface area contributed by atoms with Crippen LogP contribution in [0.25, 0.3) is 10.4 Å². The molecule has 0 saturated carbocycles. The zero-order chi connectivity index (χ0) is 21.8. The van der Waals surface area contributed by atoms with Crippen molar-refractivity contribution in [3.8, 4) is 10.4 Å². The monoisotopic (exact) mass is 452 g/mol. The van der Waals surface area contributed by atoms with Gasteiger partial charge in [0.1, 0.15) is 5.00 Å². The van der Waals surface area contributed by atoms with Crippen molar-refractivity contribution >= 4 is 39.9 Å². The first-order valence-electron chi connectivity index (χ1n) is 10.1. The molecule has 31 heavy (non-hydrogen) atoms. The van der Waals surface area contributed by atoms with Gasteiger partial charge in [0.2, 0.25) is 0 Å². The quantitative estimate of drug-likeness (QED) is 0.543. The Hall–Kier alpha value is -2.61. The molecule has 3 aromatic rings. The Balaban J connectivity index is 1.74. The van der Waals surface area contributed by atoms with E-state index < -0.39 is 0 Å². The highest BCUT2D eigenvalue weighted by atomic mass is 32.2. The highest BCUT2D eigenvalue weighted by molar-refractivity contribution is 7.98. The van der Waals surface area contributed by atoms with E-state index in [9.17, 15) is 9.59 Å². The number of benzene rings is 2. The standard InChI is InChI=1S/C24H24N2O3S2/c1-16-20(24(28)26-12-14-29-15-13-26)23(31-21(16)17-8-4-3-5-9-17)25-22(27)18-10-6-7-11-19(18)30-2/h3-11H,12-15H2,1-2H3,(H,25,27). The number of rotatable bonds is 5. The molecule has 7 heteroatoms. The van der Waals surface area contributed by atoms with E-state index in [2.05, 4.69) is 5.32 Å². The highest BCUT2D eigenvalue weighted by Crippen LogP contribution is 2.41. The van der Waals surface area contributed by atoms with Gasteiger partial charge in [-0.25, -0.2) is 0 Å². The molecule has 4 rings (SSSR count). The summed E-state index contributed by atoms with van der Waals surface area (Å²) in [5.41, 5.74) is 3.10. The van der Waals surface area contributed by atoms with Gasteiger partial charge >= 0.3 is 0 Å². The molecule has 0 aliphatic carbocycles. The van der Waals surface area contributed by atoms with E-state index in [0.29, 0.717) is 42.4 Å². The fourth-order valence-electron chi connectivity index (χ4n) is 3.65. The van der Waals surface area contributed by atoms with Crippen molar-refractivity contribution in [1.82, 2.24) is 4.90 Å². The molecule has 0 bridgehead atoms. The van der Waals surface area contributed by atoms with Gasteiger partial charge in [-0.3, -0.25) is 9.59 Å². The Morgan fingerprint density at radius 3 is 2.42 bits per heavy atom. The molecule has 1 aliphatic rings. The first-order valence-corrected chi connectivity index (χ1v) is 12.1. The molecule has 160 valence electrons. The van der Waals surface area contributed by atoms with Crippen LogP contribution in [0.1, 0.15) is 26.3 Å². The number of thioether (sulfide) groups is 1. The summed E-state index contributed by atoms with van der Waals surface area (Å²) in [4.78, 5) is 30.3. The van der Waals surface area contributed by atoms with Gasteiger partial charge in [0, 0.05) is 22.9 Å². The molecule has 2 heterocycles. The van der Waals surface area contributed by atoms with Crippen LogP contribution in [0.3, 0.4) is 0 Å². The number of carbonyl (C=O) groups excluding carboxylic acids is 2. The third-order valence-electron chi connectivity index (χ3n) is 5.27. The summed E-state index contributed by atoms with van der Waals surface area (Å²) in [5.74, 6) is -0.269. The van der Waals surface area contributed by atoms with Crippen LogP contribution >= 0.6 is 23.1 Å². The minimum atomic E-state index is -0.207. The number of anilines is 1. The predicted molar refractivity (Wildman–Crippen MR) is 127 cm³/mol. The Kier molecular flexibility index (Phi) is 6.75. The Bertz CT molecular complexity index is 1090. The normalized spacial score (nSPS) is 13.8. The second-order valence-corrected chi connectivity index (χ2v) is 9.05. The molecule has 1 aliphatic heterocycles. The Morgan fingerprint density at radius 1 is 1.03 bits per heavy atom. The minimum absolute atomic E-state index is 0.0623. The average Bonchev–Trinajstić information content (AvgIpc) is 3.15. The maximum absolute atomic E-state index is 13.4. The molecule has 1 aromatic heterocycles. The molecule has 1 saturated heterocycles. The van der Waals surface area contributed by atoms with E-state index in [1.54, 1.807) is 4.90 Å². The second kappa shape index (κ2) is 9.68. The molecule has 0 spiro atoms. The molecular formula is C24H24N2O3S2. The summed E-state index contributed by atoms with van der Waals surface area (Å²) in [5, 5.41) is 3.63. The summed E-state index contributed by atoms with van der Waals surface area (Å²) in [6, 6.07) is 17.5. The van der Waals surface area contributed by atoms with E-state index >= 15 is 0 Å². The molecular weight excluding hydrogens is 428 g/mol. The van der Waals surface area contributed by atoms with Crippen molar-refractivity contribution < 1.29 is 14.3 Å². The second-order valence-electron chi connectivity index (χ2n) is 7.19.